The van der Waals surface area contributed by atoms with Gasteiger partial charge < -0.3 is 4.90 Å². The summed E-state index contributed by atoms with van der Waals surface area (Å²) in [6, 6.07) is 11.1. The minimum Gasteiger partial charge on any atom is -0.335 e. The zero-order chi connectivity index (χ0) is 19.9. The Labute approximate surface area is 178 Å². The Morgan fingerprint density at radius 1 is 1.11 bits per heavy atom. The van der Waals surface area contributed by atoms with Gasteiger partial charge in [-0.2, -0.15) is 0 Å². The average molecular weight is 444 g/mol. The van der Waals surface area contributed by atoms with Gasteiger partial charge in [0.05, 0.1) is 6.04 Å². The molecule has 0 unspecified atom stereocenters. The van der Waals surface area contributed by atoms with Crippen molar-refractivity contribution in [3.05, 3.63) is 46.5 Å². The molecule has 1 saturated carbocycles. The zero-order valence-electron chi connectivity index (χ0n) is 17.5. The number of piperidine rings is 1. The molecule has 5 atom stereocenters. The van der Waals surface area contributed by atoms with Gasteiger partial charge in [-0.15, -0.1) is 0 Å². The Bertz CT molecular complexity index is 740. The van der Waals surface area contributed by atoms with E-state index in [9.17, 15) is 4.79 Å². The van der Waals surface area contributed by atoms with Crippen LogP contribution in [0.15, 0.2) is 40.9 Å². The van der Waals surface area contributed by atoms with E-state index in [1.54, 1.807) is 0 Å². The third-order valence-corrected chi connectivity index (χ3v) is 8.69. The van der Waals surface area contributed by atoms with Gasteiger partial charge in [-0.25, -0.2) is 0 Å². The molecule has 0 spiro atoms. The molecule has 0 aromatic heterocycles. The van der Waals surface area contributed by atoms with E-state index in [2.05, 4.69) is 78.0 Å². The van der Waals surface area contributed by atoms with Crippen LogP contribution < -0.4 is 0 Å². The summed E-state index contributed by atoms with van der Waals surface area (Å²) < 4.78 is 1.24. The van der Waals surface area contributed by atoms with Crippen LogP contribution in [0, 0.1) is 23.7 Å². The number of carbonyl (C=O) groups excluding carboxylic acids is 1. The number of hydrogen-bond donors (Lipinski definition) is 0. The minimum atomic E-state index is 0.0136. The monoisotopic (exact) mass is 443 g/mol. The van der Waals surface area contributed by atoms with Crippen LogP contribution in [-0.4, -0.2) is 23.4 Å². The highest BCUT2D eigenvalue weighted by Crippen LogP contribution is 2.47. The van der Waals surface area contributed by atoms with E-state index >= 15 is 0 Å². The van der Waals surface area contributed by atoms with Gasteiger partial charge in [-0.1, -0.05) is 79.5 Å². The van der Waals surface area contributed by atoms with Crippen LogP contribution in [0.4, 0.5) is 0 Å². The lowest BCUT2D eigenvalue weighted by Crippen LogP contribution is -2.53. The quantitative estimate of drug-likeness (QED) is 0.535. The van der Waals surface area contributed by atoms with Gasteiger partial charge in [-0.05, 0) is 60.8 Å². The molecule has 2 aliphatic carbocycles. The number of fused-ring (bicyclic) bond motifs is 2. The maximum atomic E-state index is 13.9. The fourth-order valence-corrected chi connectivity index (χ4v) is 6.63. The lowest BCUT2D eigenvalue weighted by Gasteiger charge is -2.48. The number of benzene rings is 1. The molecule has 3 heteroatoms. The van der Waals surface area contributed by atoms with Crippen molar-refractivity contribution in [1.29, 1.82) is 0 Å². The van der Waals surface area contributed by atoms with Crippen LogP contribution in [0.25, 0.3) is 0 Å². The van der Waals surface area contributed by atoms with Crippen molar-refractivity contribution in [1.82, 2.24) is 4.90 Å². The van der Waals surface area contributed by atoms with Crippen LogP contribution in [0.3, 0.4) is 0 Å². The van der Waals surface area contributed by atoms with Crippen LogP contribution >= 0.6 is 15.9 Å². The number of halogens is 1. The number of amides is 1. The van der Waals surface area contributed by atoms with Crippen LogP contribution in [0.5, 0.6) is 0 Å². The molecule has 0 N–H and O–H groups in total. The second kappa shape index (κ2) is 7.97. The Morgan fingerprint density at radius 3 is 2.61 bits per heavy atom. The Hall–Kier alpha value is -1.09. The van der Waals surface area contributed by atoms with Crippen LogP contribution in [0.2, 0.25) is 0 Å². The number of rotatable bonds is 3. The zero-order valence-corrected chi connectivity index (χ0v) is 19.1. The highest BCUT2D eigenvalue weighted by atomic mass is 79.9. The lowest BCUT2D eigenvalue weighted by molar-refractivity contribution is -0.144. The van der Waals surface area contributed by atoms with Gasteiger partial charge in [0.1, 0.15) is 0 Å². The molecular formula is C25H34BrNO. The summed E-state index contributed by atoms with van der Waals surface area (Å²) in [6.45, 7) is 7.97. The van der Waals surface area contributed by atoms with Gasteiger partial charge in [0.15, 0.2) is 0 Å². The molecule has 28 heavy (non-hydrogen) atoms. The predicted molar refractivity (Wildman–Crippen MR) is 119 cm³/mol. The van der Waals surface area contributed by atoms with Gasteiger partial charge >= 0.3 is 0 Å². The van der Waals surface area contributed by atoms with Crippen molar-refractivity contribution < 1.29 is 4.79 Å². The lowest BCUT2D eigenvalue weighted by atomic mass is 9.60. The number of carbonyl (C=O) groups is 1. The fraction of sp³-hybridized carbons (Fsp3) is 0.640. The third kappa shape index (κ3) is 3.72. The maximum absolute atomic E-state index is 13.9. The molecule has 1 heterocycles. The summed E-state index contributed by atoms with van der Waals surface area (Å²) in [5.41, 5.74) is 1.38. The number of allylic oxidation sites excluding steroid dienone is 1. The highest BCUT2D eigenvalue weighted by molar-refractivity contribution is 9.11. The Morgan fingerprint density at radius 2 is 1.86 bits per heavy atom. The Balaban J connectivity index is 1.62. The third-order valence-electron chi connectivity index (χ3n) is 7.83. The summed E-state index contributed by atoms with van der Waals surface area (Å²) in [6.07, 6.45) is 9.20. The second-order valence-corrected chi connectivity index (χ2v) is 10.9. The second-order valence-electron chi connectivity index (χ2n) is 9.98. The highest BCUT2D eigenvalue weighted by Gasteiger charge is 2.46. The predicted octanol–water partition coefficient (Wildman–Crippen LogP) is 6.31. The molecule has 0 radical (unpaired) electrons. The van der Waals surface area contributed by atoms with Gasteiger partial charge in [0.2, 0.25) is 5.91 Å². The van der Waals surface area contributed by atoms with E-state index in [1.165, 1.54) is 22.9 Å². The summed E-state index contributed by atoms with van der Waals surface area (Å²) in [7, 11) is 0. The molecule has 2 bridgehead atoms. The molecule has 2 fully saturated rings. The molecule has 1 amide bonds. The van der Waals surface area contributed by atoms with Crippen molar-refractivity contribution in [2.24, 2.45) is 23.7 Å². The topological polar surface area (TPSA) is 20.3 Å². The number of hydrogen-bond acceptors (Lipinski definition) is 1. The summed E-state index contributed by atoms with van der Waals surface area (Å²) >= 11 is 3.78. The van der Waals surface area contributed by atoms with E-state index in [1.807, 2.05) is 0 Å². The number of nitrogens with zero attached hydrogens (tertiary/aromatic N) is 1. The smallest absolute Gasteiger partial charge is 0.226 e. The van der Waals surface area contributed by atoms with E-state index < -0.39 is 0 Å². The van der Waals surface area contributed by atoms with Crippen molar-refractivity contribution >= 4 is 21.8 Å². The van der Waals surface area contributed by atoms with Crippen molar-refractivity contribution in [3.8, 4) is 0 Å². The first kappa shape index (κ1) is 20.2. The largest absolute Gasteiger partial charge is 0.335 e. The molecule has 1 aromatic rings. The first-order valence-electron chi connectivity index (χ1n) is 11.1. The molecule has 2 nitrogen and oxygen atoms in total. The van der Waals surface area contributed by atoms with Gasteiger partial charge in [0, 0.05) is 16.9 Å². The van der Waals surface area contributed by atoms with E-state index in [-0.39, 0.29) is 17.4 Å². The van der Waals surface area contributed by atoms with E-state index in [0.717, 1.165) is 38.1 Å². The molecule has 1 aliphatic heterocycles. The van der Waals surface area contributed by atoms with E-state index in [0.29, 0.717) is 17.7 Å². The minimum absolute atomic E-state index is 0.0136. The van der Waals surface area contributed by atoms with E-state index in [4.69, 9.17) is 0 Å². The van der Waals surface area contributed by atoms with Crippen molar-refractivity contribution in [3.63, 3.8) is 0 Å². The number of likely N-dealkylation sites (tertiary alicyclic amines) is 1. The van der Waals surface area contributed by atoms with Gasteiger partial charge in [-0.3, -0.25) is 4.79 Å². The van der Waals surface area contributed by atoms with Gasteiger partial charge in [0.25, 0.3) is 0 Å². The molecule has 4 rings (SSSR count). The van der Waals surface area contributed by atoms with Crippen LogP contribution in [0.1, 0.15) is 64.9 Å². The maximum Gasteiger partial charge on any atom is 0.226 e. The molecule has 1 saturated heterocycles. The molecule has 152 valence electrons. The first-order valence-corrected chi connectivity index (χ1v) is 11.9. The molecule has 1 aromatic carbocycles. The molecule has 3 aliphatic rings. The van der Waals surface area contributed by atoms with Crippen molar-refractivity contribution in [2.45, 2.75) is 70.8 Å². The standard InChI is InChI=1S/C25H34BrNO/c1-17-9-11-21(25(2,3)19-7-5-4-6-8-19)20(15-17)24(28)27-14-13-18-10-12-22(26)23(27)16-18/h4-8,12,17-18,20-21,23H,9-11,13-16H2,1-3H3/t17-,18-,20-,21-,23+/m1/s1. The summed E-state index contributed by atoms with van der Waals surface area (Å²) in [5, 5.41) is 0. The first-order chi connectivity index (χ1) is 13.4. The Kier molecular flexibility index (Phi) is 5.75. The van der Waals surface area contributed by atoms with Crippen LogP contribution in [-0.2, 0) is 10.2 Å². The normalized spacial score (nSPS) is 33.4. The molecular weight excluding hydrogens is 410 g/mol. The fourth-order valence-electron chi connectivity index (χ4n) is 6.01. The average Bonchev–Trinajstić information content (AvgIpc) is 2.71. The summed E-state index contributed by atoms with van der Waals surface area (Å²) in [5.74, 6) is 2.36. The van der Waals surface area contributed by atoms with Crippen molar-refractivity contribution in [2.75, 3.05) is 6.54 Å². The summed E-state index contributed by atoms with van der Waals surface area (Å²) in [4.78, 5) is 16.1. The SMILES string of the molecule is C[C@@H]1CC[C@@H](C(C)(C)c2ccccc2)[C@H](C(=O)N2CC[C@H]3CC=C(Br)[C@@H]2C3)C1.